The SMILES string of the molecule is CC(=O)O[C@@H]1[C@H]2CC(=O)C(C)=C2CO[C@@]12CCCCO2. The van der Waals surface area contributed by atoms with Gasteiger partial charge < -0.3 is 14.2 Å². The number of rotatable bonds is 1. The quantitative estimate of drug-likeness (QED) is 0.685. The van der Waals surface area contributed by atoms with Gasteiger partial charge in [-0.2, -0.15) is 0 Å². The highest BCUT2D eigenvalue weighted by atomic mass is 16.7. The van der Waals surface area contributed by atoms with Crippen molar-refractivity contribution in [1.82, 2.24) is 0 Å². The molecule has 3 atom stereocenters. The van der Waals surface area contributed by atoms with Crippen molar-refractivity contribution in [3.63, 3.8) is 0 Å². The summed E-state index contributed by atoms with van der Waals surface area (Å²) >= 11 is 0. The van der Waals surface area contributed by atoms with Crippen LogP contribution in [0.25, 0.3) is 0 Å². The van der Waals surface area contributed by atoms with Crippen molar-refractivity contribution in [2.45, 2.75) is 51.4 Å². The molecule has 0 aromatic carbocycles. The fourth-order valence-electron chi connectivity index (χ4n) is 3.51. The summed E-state index contributed by atoms with van der Waals surface area (Å²) in [5, 5.41) is 0. The van der Waals surface area contributed by atoms with Crippen molar-refractivity contribution < 1.29 is 23.8 Å². The fraction of sp³-hybridized carbons (Fsp3) is 0.733. The lowest BCUT2D eigenvalue weighted by molar-refractivity contribution is -0.317. The molecule has 0 N–H and O–H groups in total. The van der Waals surface area contributed by atoms with Crippen LogP contribution in [-0.2, 0) is 23.8 Å². The van der Waals surface area contributed by atoms with Crippen LogP contribution in [0.15, 0.2) is 11.1 Å². The minimum absolute atomic E-state index is 0.0850. The van der Waals surface area contributed by atoms with Gasteiger partial charge in [0.2, 0.25) is 5.79 Å². The Balaban J connectivity index is 1.94. The molecule has 0 aromatic heterocycles. The van der Waals surface area contributed by atoms with E-state index >= 15 is 0 Å². The molecule has 1 spiro atoms. The number of allylic oxidation sites excluding steroid dienone is 1. The van der Waals surface area contributed by atoms with Crippen LogP contribution >= 0.6 is 0 Å². The third-order valence-corrected chi connectivity index (χ3v) is 4.58. The Bertz CT molecular complexity index is 473. The number of carbonyl (C=O) groups excluding carboxylic acids is 2. The first-order chi connectivity index (χ1) is 9.53. The Labute approximate surface area is 118 Å². The molecule has 0 bridgehead atoms. The number of carbonyl (C=O) groups is 2. The lowest BCUT2D eigenvalue weighted by Gasteiger charge is -2.47. The number of hydrogen-bond acceptors (Lipinski definition) is 5. The molecule has 5 heteroatoms. The number of fused-ring (bicyclic) bond motifs is 1. The van der Waals surface area contributed by atoms with Gasteiger partial charge in [-0.15, -0.1) is 0 Å². The molecule has 0 radical (unpaired) electrons. The zero-order valence-electron chi connectivity index (χ0n) is 11.9. The van der Waals surface area contributed by atoms with Crippen LogP contribution in [0.2, 0.25) is 0 Å². The molecule has 2 aliphatic heterocycles. The predicted molar refractivity (Wildman–Crippen MR) is 69.9 cm³/mol. The van der Waals surface area contributed by atoms with E-state index in [1.807, 2.05) is 6.92 Å². The Hall–Kier alpha value is -1.20. The molecule has 110 valence electrons. The van der Waals surface area contributed by atoms with Crippen molar-refractivity contribution in [3.8, 4) is 0 Å². The molecule has 0 unspecified atom stereocenters. The lowest BCUT2D eigenvalue weighted by Crippen LogP contribution is -2.57. The molecule has 20 heavy (non-hydrogen) atoms. The third kappa shape index (κ3) is 2.09. The molecule has 0 aromatic rings. The van der Waals surface area contributed by atoms with Crippen LogP contribution in [0.1, 0.15) is 39.5 Å². The standard InChI is InChI=1S/C15H20O5/c1-9-12-8-19-15(5-3-4-6-18-15)14(20-10(2)16)11(12)7-13(9)17/h11,14H,3-8H2,1-2H3/t11-,14+,15-/m0/s1. The Kier molecular flexibility index (Phi) is 3.42. The number of ketones is 1. The van der Waals surface area contributed by atoms with Crippen LogP contribution < -0.4 is 0 Å². The van der Waals surface area contributed by atoms with Crippen molar-refractivity contribution in [2.75, 3.05) is 13.2 Å². The smallest absolute Gasteiger partial charge is 0.303 e. The van der Waals surface area contributed by atoms with Crippen LogP contribution in [0.5, 0.6) is 0 Å². The average Bonchev–Trinajstić information content (AvgIpc) is 2.70. The van der Waals surface area contributed by atoms with Gasteiger partial charge in [0.25, 0.3) is 0 Å². The highest BCUT2D eigenvalue weighted by Crippen LogP contribution is 2.46. The third-order valence-electron chi connectivity index (χ3n) is 4.58. The van der Waals surface area contributed by atoms with E-state index in [0.717, 1.165) is 24.0 Å². The topological polar surface area (TPSA) is 61.8 Å². The predicted octanol–water partition coefficient (Wildman–Crippen LogP) is 1.75. The van der Waals surface area contributed by atoms with Gasteiger partial charge in [-0.3, -0.25) is 9.59 Å². The highest BCUT2D eigenvalue weighted by molar-refractivity contribution is 5.98. The van der Waals surface area contributed by atoms with Crippen LogP contribution in [0, 0.1) is 5.92 Å². The monoisotopic (exact) mass is 280 g/mol. The van der Waals surface area contributed by atoms with Crippen LogP contribution in [-0.4, -0.2) is 36.9 Å². The first-order valence-electron chi connectivity index (χ1n) is 7.21. The molecule has 3 aliphatic rings. The molecule has 0 saturated carbocycles. The number of hydrogen-bond donors (Lipinski definition) is 0. The van der Waals surface area contributed by atoms with E-state index in [1.165, 1.54) is 6.92 Å². The van der Waals surface area contributed by atoms with E-state index in [2.05, 4.69) is 0 Å². The van der Waals surface area contributed by atoms with Crippen molar-refractivity contribution >= 4 is 11.8 Å². The van der Waals surface area contributed by atoms with E-state index in [4.69, 9.17) is 14.2 Å². The van der Waals surface area contributed by atoms with Crippen LogP contribution in [0.3, 0.4) is 0 Å². The molecular formula is C15H20O5. The van der Waals surface area contributed by atoms with Crippen molar-refractivity contribution in [3.05, 3.63) is 11.1 Å². The van der Waals surface area contributed by atoms with E-state index in [0.29, 0.717) is 26.1 Å². The average molecular weight is 280 g/mol. The summed E-state index contributed by atoms with van der Waals surface area (Å²) in [5.74, 6) is -1.18. The Morgan fingerprint density at radius 3 is 2.80 bits per heavy atom. The highest BCUT2D eigenvalue weighted by Gasteiger charge is 2.55. The summed E-state index contributed by atoms with van der Waals surface area (Å²) in [4.78, 5) is 23.4. The zero-order valence-corrected chi connectivity index (χ0v) is 11.9. The molecule has 1 aliphatic carbocycles. The first kappa shape index (κ1) is 13.8. The van der Waals surface area contributed by atoms with Crippen LogP contribution in [0.4, 0.5) is 0 Å². The lowest BCUT2D eigenvalue weighted by atomic mass is 9.83. The minimum Gasteiger partial charge on any atom is -0.456 e. The molecular weight excluding hydrogens is 260 g/mol. The molecule has 2 fully saturated rings. The van der Waals surface area contributed by atoms with E-state index in [1.54, 1.807) is 0 Å². The summed E-state index contributed by atoms with van der Waals surface area (Å²) in [6.45, 7) is 4.22. The van der Waals surface area contributed by atoms with E-state index < -0.39 is 11.9 Å². The Morgan fingerprint density at radius 2 is 2.15 bits per heavy atom. The van der Waals surface area contributed by atoms with Gasteiger partial charge in [0.1, 0.15) is 0 Å². The van der Waals surface area contributed by atoms with Crippen molar-refractivity contribution in [2.24, 2.45) is 5.92 Å². The summed E-state index contributed by atoms with van der Waals surface area (Å²) in [6.07, 6.45) is 2.57. The van der Waals surface area contributed by atoms with Crippen molar-refractivity contribution in [1.29, 1.82) is 0 Å². The van der Waals surface area contributed by atoms with Gasteiger partial charge in [0, 0.05) is 25.7 Å². The first-order valence-corrected chi connectivity index (χ1v) is 7.21. The second kappa shape index (κ2) is 4.97. The zero-order chi connectivity index (χ0) is 14.3. The molecule has 5 nitrogen and oxygen atoms in total. The minimum atomic E-state index is -0.858. The molecule has 2 saturated heterocycles. The largest absolute Gasteiger partial charge is 0.456 e. The van der Waals surface area contributed by atoms with Gasteiger partial charge in [-0.1, -0.05) is 0 Å². The summed E-state index contributed by atoms with van der Waals surface area (Å²) < 4.78 is 17.3. The molecule has 0 amide bonds. The fourth-order valence-corrected chi connectivity index (χ4v) is 3.51. The second-order valence-electron chi connectivity index (χ2n) is 5.82. The van der Waals surface area contributed by atoms with Gasteiger partial charge in [0.05, 0.1) is 13.2 Å². The summed E-state index contributed by atoms with van der Waals surface area (Å²) in [5.41, 5.74) is 1.74. The Morgan fingerprint density at radius 1 is 1.35 bits per heavy atom. The number of esters is 1. The van der Waals surface area contributed by atoms with Gasteiger partial charge >= 0.3 is 5.97 Å². The van der Waals surface area contributed by atoms with E-state index in [-0.39, 0.29) is 17.7 Å². The van der Waals surface area contributed by atoms with Gasteiger partial charge in [0.15, 0.2) is 11.9 Å². The van der Waals surface area contributed by atoms with Gasteiger partial charge in [-0.25, -0.2) is 0 Å². The number of ether oxygens (including phenoxy) is 3. The molecule has 2 heterocycles. The maximum atomic E-state index is 11.9. The maximum absolute atomic E-state index is 11.9. The second-order valence-corrected chi connectivity index (χ2v) is 5.82. The maximum Gasteiger partial charge on any atom is 0.303 e. The molecule has 3 rings (SSSR count). The number of Topliss-reactive ketones (excluding diaryl/α,β-unsaturated/α-hetero) is 1. The van der Waals surface area contributed by atoms with E-state index in [9.17, 15) is 9.59 Å². The summed E-state index contributed by atoms with van der Waals surface area (Å²) in [7, 11) is 0. The van der Waals surface area contributed by atoms with Gasteiger partial charge in [-0.05, 0) is 30.9 Å². The summed E-state index contributed by atoms with van der Waals surface area (Å²) in [6, 6.07) is 0. The normalized spacial score (nSPS) is 37.2.